The number of carbonyl (C=O) groups is 1. The maximum Gasteiger partial charge on any atom is 0.293 e. The molecule has 0 spiro atoms. The van der Waals surface area contributed by atoms with Gasteiger partial charge in [0, 0.05) is 50.4 Å². The third-order valence-corrected chi connectivity index (χ3v) is 5.50. The minimum atomic E-state index is -0.411. The number of amides is 1. The lowest BCUT2D eigenvalue weighted by Crippen LogP contribution is -2.35. The lowest BCUT2D eigenvalue weighted by atomic mass is 10.1. The predicted molar refractivity (Wildman–Crippen MR) is 112 cm³/mol. The van der Waals surface area contributed by atoms with Crippen LogP contribution in [0.2, 0.25) is 0 Å². The van der Waals surface area contributed by atoms with Gasteiger partial charge in [-0.3, -0.25) is 19.8 Å². The third kappa shape index (κ3) is 4.92. The van der Waals surface area contributed by atoms with Crippen LogP contribution in [0.15, 0.2) is 48.5 Å². The van der Waals surface area contributed by atoms with Gasteiger partial charge in [0.15, 0.2) is 0 Å². The van der Waals surface area contributed by atoms with E-state index < -0.39 is 4.92 Å². The van der Waals surface area contributed by atoms with E-state index in [1.165, 1.54) is 11.6 Å². The van der Waals surface area contributed by atoms with Crippen molar-refractivity contribution in [3.05, 3.63) is 69.8 Å². The second-order valence-electron chi connectivity index (χ2n) is 7.82. The summed E-state index contributed by atoms with van der Waals surface area (Å²) in [6, 6.07) is 15.4. The Kier molecular flexibility index (Phi) is 5.76. The molecule has 1 N–H and O–H groups in total. The third-order valence-electron chi connectivity index (χ3n) is 5.50. The maximum atomic E-state index is 13.0. The fraction of sp³-hybridized carbons (Fsp3) is 0.409. The molecule has 1 heterocycles. The molecule has 1 saturated carbocycles. The zero-order valence-electron chi connectivity index (χ0n) is 16.4. The molecular formula is C22H26N4O3. The minimum Gasteiger partial charge on any atom is -0.377 e. The van der Waals surface area contributed by atoms with Gasteiger partial charge in [0.25, 0.3) is 11.6 Å². The average molecular weight is 394 g/mol. The van der Waals surface area contributed by atoms with Crippen molar-refractivity contribution in [3.63, 3.8) is 0 Å². The van der Waals surface area contributed by atoms with E-state index in [-0.39, 0.29) is 11.6 Å². The summed E-state index contributed by atoms with van der Waals surface area (Å²) >= 11 is 0. The number of anilines is 1. The highest BCUT2D eigenvalue weighted by Gasteiger charge is 2.27. The fourth-order valence-electron chi connectivity index (χ4n) is 3.74. The molecule has 2 fully saturated rings. The van der Waals surface area contributed by atoms with Crippen LogP contribution in [0.25, 0.3) is 0 Å². The molecule has 2 aromatic carbocycles. The van der Waals surface area contributed by atoms with Crippen molar-refractivity contribution in [2.24, 2.45) is 0 Å². The Balaban J connectivity index is 1.42. The maximum absolute atomic E-state index is 13.0. The Morgan fingerprint density at radius 2 is 1.86 bits per heavy atom. The van der Waals surface area contributed by atoms with Gasteiger partial charge in [-0.05, 0) is 37.0 Å². The SMILES string of the molecule is O=C(c1ccc(NC2CC2)c([N+](=O)[O-])c1)N1CCCN(Cc2ccccc2)CC1. The quantitative estimate of drug-likeness (QED) is 0.599. The molecule has 0 atom stereocenters. The van der Waals surface area contributed by atoms with Gasteiger partial charge >= 0.3 is 0 Å². The topological polar surface area (TPSA) is 78.7 Å². The summed E-state index contributed by atoms with van der Waals surface area (Å²) in [6.45, 7) is 3.89. The van der Waals surface area contributed by atoms with Gasteiger partial charge in [-0.25, -0.2) is 0 Å². The lowest BCUT2D eigenvalue weighted by Gasteiger charge is -2.22. The number of hydrogen-bond acceptors (Lipinski definition) is 5. The second-order valence-corrected chi connectivity index (χ2v) is 7.82. The Bertz CT molecular complexity index is 883. The number of rotatable bonds is 6. The van der Waals surface area contributed by atoms with Crippen molar-refractivity contribution >= 4 is 17.3 Å². The van der Waals surface area contributed by atoms with Crippen LogP contribution in [0.1, 0.15) is 35.2 Å². The van der Waals surface area contributed by atoms with Gasteiger partial charge in [0.2, 0.25) is 0 Å². The zero-order chi connectivity index (χ0) is 20.2. The van der Waals surface area contributed by atoms with E-state index in [0.717, 1.165) is 38.9 Å². The van der Waals surface area contributed by atoms with Gasteiger partial charge in [-0.2, -0.15) is 0 Å². The van der Waals surface area contributed by atoms with E-state index in [0.29, 0.717) is 30.4 Å². The highest BCUT2D eigenvalue weighted by molar-refractivity contribution is 5.95. The molecule has 152 valence electrons. The van der Waals surface area contributed by atoms with Crippen LogP contribution in [-0.2, 0) is 6.54 Å². The molecule has 1 amide bonds. The van der Waals surface area contributed by atoms with E-state index in [1.54, 1.807) is 12.1 Å². The van der Waals surface area contributed by atoms with Crippen molar-refractivity contribution in [1.82, 2.24) is 9.80 Å². The monoisotopic (exact) mass is 394 g/mol. The first kappa shape index (κ1) is 19.4. The molecule has 0 radical (unpaired) electrons. The molecule has 2 aliphatic rings. The van der Waals surface area contributed by atoms with Crippen molar-refractivity contribution in [1.29, 1.82) is 0 Å². The molecule has 29 heavy (non-hydrogen) atoms. The molecule has 4 rings (SSSR count). The average Bonchev–Trinajstić information content (AvgIpc) is 3.56. The number of nitro groups is 1. The van der Waals surface area contributed by atoms with Gasteiger partial charge in [0.1, 0.15) is 5.69 Å². The van der Waals surface area contributed by atoms with Crippen LogP contribution < -0.4 is 5.32 Å². The summed E-state index contributed by atoms with van der Waals surface area (Å²) in [6.07, 6.45) is 2.96. The first-order valence-electron chi connectivity index (χ1n) is 10.2. The second kappa shape index (κ2) is 8.61. The summed E-state index contributed by atoms with van der Waals surface area (Å²) in [4.78, 5) is 28.2. The summed E-state index contributed by atoms with van der Waals surface area (Å²) in [7, 11) is 0. The van der Waals surface area contributed by atoms with Gasteiger partial charge < -0.3 is 10.2 Å². The number of nitrogens with one attached hydrogen (secondary N) is 1. The summed E-state index contributed by atoms with van der Waals surface area (Å²) < 4.78 is 0. The molecule has 1 aliphatic heterocycles. The molecule has 7 nitrogen and oxygen atoms in total. The highest BCUT2D eigenvalue weighted by atomic mass is 16.6. The smallest absolute Gasteiger partial charge is 0.293 e. The van der Waals surface area contributed by atoms with Crippen molar-refractivity contribution < 1.29 is 9.72 Å². The first-order chi connectivity index (χ1) is 14.1. The van der Waals surface area contributed by atoms with Crippen LogP contribution in [0, 0.1) is 10.1 Å². The van der Waals surface area contributed by atoms with E-state index in [2.05, 4.69) is 22.3 Å². The van der Waals surface area contributed by atoms with Crippen LogP contribution in [0.4, 0.5) is 11.4 Å². The number of nitrogens with zero attached hydrogens (tertiary/aromatic N) is 3. The number of hydrogen-bond donors (Lipinski definition) is 1. The number of nitro benzene ring substituents is 1. The molecule has 7 heteroatoms. The fourth-order valence-corrected chi connectivity index (χ4v) is 3.74. The summed E-state index contributed by atoms with van der Waals surface area (Å²) in [5.41, 5.74) is 2.12. The van der Waals surface area contributed by atoms with E-state index in [9.17, 15) is 14.9 Å². The first-order valence-corrected chi connectivity index (χ1v) is 10.2. The standard InChI is InChI=1S/C22H26N4O3/c27-22(18-7-10-20(23-19-8-9-19)21(15-18)26(28)29)25-12-4-11-24(13-14-25)16-17-5-2-1-3-6-17/h1-3,5-7,10,15,19,23H,4,8-9,11-14,16H2. The van der Waals surface area contributed by atoms with Gasteiger partial charge in [-0.15, -0.1) is 0 Å². The van der Waals surface area contributed by atoms with Crippen LogP contribution >= 0.6 is 0 Å². The normalized spacial score (nSPS) is 17.6. The molecule has 1 aliphatic carbocycles. The van der Waals surface area contributed by atoms with E-state index >= 15 is 0 Å². The summed E-state index contributed by atoms with van der Waals surface area (Å²) in [5, 5.41) is 14.7. The Morgan fingerprint density at radius 1 is 1.07 bits per heavy atom. The van der Waals surface area contributed by atoms with E-state index in [1.807, 2.05) is 23.1 Å². The largest absolute Gasteiger partial charge is 0.377 e. The Morgan fingerprint density at radius 3 is 2.59 bits per heavy atom. The predicted octanol–water partition coefficient (Wildman–Crippen LogP) is 3.52. The van der Waals surface area contributed by atoms with E-state index in [4.69, 9.17) is 0 Å². The molecule has 0 aromatic heterocycles. The zero-order valence-corrected chi connectivity index (χ0v) is 16.4. The van der Waals surface area contributed by atoms with Gasteiger partial charge in [-0.1, -0.05) is 30.3 Å². The van der Waals surface area contributed by atoms with Crippen molar-refractivity contribution in [3.8, 4) is 0 Å². The molecular weight excluding hydrogens is 368 g/mol. The van der Waals surface area contributed by atoms with Crippen LogP contribution in [-0.4, -0.2) is 52.9 Å². The Hall–Kier alpha value is -2.93. The Labute approximate surface area is 170 Å². The molecule has 0 unspecified atom stereocenters. The molecule has 1 saturated heterocycles. The molecule has 2 aromatic rings. The van der Waals surface area contributed by atoms with Gasteiger partial charge in [0.05, 0.1) is 4.92 Å². The number of benzene rings is 2. The highest BCUT2D eigenvalue weighted by Crippen LogP contribution is 2.32. The lowest BCUT2D eigenvalue weighted by molar-refractivity contribution is -0.384. The van der Waals surface area contributed by atoms with Crippen molar-refractivity contribution in [2.75, 3.05) is 31.5 Å². The molecule has 0 bridgehead atoms. The van der Waals surface area contributed by atoms with Crippen molar-refractivity contribution in [2.45, 2.75) is 31.8 Å². The number of carbonyl (C=O) groups excluding carboxylic acids is 1. The van der Waals surface area contributed by atoms with Crippen LogP contribution in [0.5, 0.6) is 0 Å². The minimum absolute atomic E-state index is 0.0247. The van der Waals surface area contributed by atoms with Crippen LogP contribution in [0.3, 0.4) is 0 Å². The summed E-state index contributed by atoms with van der Waals surface area (Å²) in [5.74, 6) is -0.132.